The minimum absolute atomic E-state index is 0.00553. The third kappa shape index (κ3) is 2.88. The summed E-state index contributed by atoms with van der Waals surface area (Å²) in [6.07, 6.45) is 1.43. The van der Waals surface area contributed by atoms with Gasteiger partial charge in [0.25, 0.3) is 0 Å². The van der Waals surface area contributed by atoms with Crippen molar-refractivity contribution in [3.05, 3.63) is 0 Å². The van der Waals surface area contributed by atoms with Crippen molar-refractivity contribution in [2.24, 2.45) is 0 Å². The molecule has 0 unspecified atom stereocenters. The first kappa shape index (κ1) is 9.01. The summed E-state index contributed by atoms with van der Waals surface area (Å²) in [6.45, 7) is 2.33. The molecule has 10 heavy (non-hydrogen) atoms. The Morgan fingerprint density at radius 2 is 1.80 bits per heavy atom. The summed E-state index contributed by atoms with van der Waals surface area (Å²) in [5.41, 5.74) is 0. The first-order valence-corrected chi connectivity index (χ1v) is 10.5. The largest absolute Gasteiger partial charge is 0.134 e. The molecular weight excluding hydrogens is 220 g/mol. The number of rotatable bonds is 2. The van der Waals surface area contributed by atoms with Crippen LogP contribution >= 0.6 is 15.3 Å². The fourth-order valence-electron chi connectivity index (χ4n) is 1.48. The fraction of sp³-hybridized carbons (Fsp3) is 1.00. The van der Waals surface area contributed by atoms with Gasteiger partial charge in [-0.05, 0) is 0 Å². The SMILES string of the molecule is CCC[Si]1CC[Si](Br)CC1. The van der Waals surface area contributed by atoms with Gasteiger partial charge in [-0.25, -0.2) is 0 Å². The summed E-state index contributed by atoms with van der Waals surface area (Å²) in [5.74, 6) is 0. The Kier molecular flexibility index (Phi) is 4.25. The molecule has 0 aromatic heterocycles. The van der Waals surface area contributed by atoms with E-state index in [0.717, 1.165) is 0 Å². The average Bonchev–Trinajstić information content (AvgIpc) is 1.95. The van der Waals surface area contributed by atoms with Gasteiger partial charge in [0.05, 0.1) is 0 Å². The number of hydrogen-bond donors (Lipinski definition) is 0. The maximum atomic E-state index is 3.78. The molecule has 1 heterocycles. The molecule has 0 N–H and O–H groups in total. The third-order valence-electron chi connectivity index (χ3n) is 2.10. The van der Waals surface area contributed by atoms with Gasteiger partial charge in [0, 0.05) is 8.80 Å². The van der Waals surface area contributed by atoms with Gasteiger partial charge in [0.2, 0.25) is 0 Å². The van der Waals surface area contributed by atoms with Crippen molar-refractivity contribution in [3.8, 4) is 0 Å². The highest BCUT2D eigenvalue weighted by molar-refractivity contribution is 9.24. The van der Waals surface area contributed by atoms with Crippen molar-refractivity contribution in [2.45, 2.75) is 43.6 Å². The van der Waals surface area contributed by atoms with Crippen LogP contribution in [-0.4, -0.2) is 16.2 Å². The molecule has 0 aromatic rings. The molecule has 0 aromatic carbocycles. The maximum absolute atomic E-state index is 3.78. The van der Waals surface area contributed by atoms with Crippen LogP contribution in [0.2, 0.25) is 30.2 Å². The summed E-state index contributed by atoms with van der Waals surface area (Å²) in [6, 6.07) is 7.90. The number of hydrogen-bond acceptors (Lipinski definition) is 0. The van der Waals surface area contributed by atoms with Gasteiger partial charge in [-0.1, -0.05) is 43.6 Å². The van der Waals surface area contributed by atoms with Gasteiger partial charge < -0.3 is 0 Å². The maximum Gasteiger partial charge on any atom is 0.134 e. The second-order valence-corrected chi connectivity index (χ2v) is 11.4. The van der Waals surface area contributed by atoms with E-state index < -0.39 is 0 Å². The molecule has 1 aliphatic heterocycles. The van der Waals surface area contributed by atoms with Crippen molar-refractivity contribution in [2.75, 3.05) is 0 Å². The van der Waals surface area contributed by atoms with Gasteiger partial charge >= 0.3 is 0 Å². The van der Waals surface area contributed by atoms with Crippen LogP contribution in [0.25, 0.3) is 0 Å². The Balaban J connectivity index is 2.13. The zero-order valence-corrected chi connectivity index (χ0v) is 10.2. The molecule has 1 aliphatic rings. The lowest BCUT2D eigenvalue weighted by Gasteiger charge is -2.21. The van der Waals surface area contributed by atoms with Crippen molar-refractivity contribution in [1.29, 1.82) is 0 Å². The summed E-state index contributed by atoms with van der Waals surface area (Å²) in [7, 11) is 0.158. The van der Waals surface area contributed by atoms with Crippen LogP contribution in [0.3, 0.4) is 0 Å². The summed E-state index contributed by atoms with van der Waals surface area (Å²) >= 11 is 3.78. The van der Waals surface area contributed by atoms with Crippen molar-refractivity contribution >= 4 is 31.5 Å². The highest BCUT2D eigenvalue weighted by atomic mass is 79.9. The molecule has 1 fully saturated rings. The molecule has 0 nitrogen and oxygen atoms in total. The zero-order valence-electron chi connectivity index (χ0n) is 6.62. The first-order valence-electron chi connectivity index (χ1n) is 4.16. The number of halogens is 1. The van der Waals surface area contributed by atoms with Crippen LogP contribution in [0.4, 0.5) is 0 Å². The van der Waals surface area contributed by atoms with Gasteiger partial charge in [0.1, 0.15) is 7.42 Å². The molecule has 1 rings (SSSR count). The minimum Gasteiger partial charge on any atom is -0.129 e. The van der Waals surface area contributed by atoms with E-state index in [0.29, 0.717) is 0 Å². The third-order valence-corrected chi connectivity index (χ3v) is 10.2. The highest BCUT2D eigenvalue weighted by Gasteiger charge is 2.20. The second-order valence-electron chi connectivity index (χ2n) is 3.02. The molecule has 0 aliphatic carbocycles. The average molecular weight is 235 g/mol. The van der Waals surface area contributed by atoms with E-state index in [1.165, 1.54) is 6.42 Å². The standard InChI is InChI=1S/C7H15BrSi2/c1-2-3-9-4-6-10(8)7-5-9/h2-7H2,1H3. The normalized spacial score (nSPS) is 23.4. The molecule has 0 amide bonds. The Morgan fingerprint density at radius 3 is 2.30 bits per heavy atom. The summed E-state index contributed by atoms with van der Waals surface area (Å²) in [4.78, 5) is 0. The summed E-state index contributed by atoms with van der Waals surface area (Å²) in [5, 5.41) is 0. The monoisotopic (exact) mass is 234 g/mol. The van der Waals surface area contributed by atoms with Crippen LogP contribution in [-0.2, 0) is 0 Å². The Labute approximate surface area is 75.2 Å². The topological polar surface area (TPSA) is 0 Å². The lowest BCUT2D eigenvalue weighted by atomic mass is 10.6. The van der Waals surface area contributed by atoms with Crippen LogP contribution in [0.1, 0.15) is 13.3 Å². The van der Waals surface area contributed by atoms with Crippen LogP contribution < -0.4 is 0 Å². The Morgan fingerprint density at radius 1 is 1.20 bits per heavy atom. The van der Waals surface area contributed by atoms with Crippen LogP contribution in [0.5, 0.6) is 0 Å². The molecule has 2 radical (unpaired) electrons. The van der Waals surface area contributed by atoms with E-state index in [2.05, 4.69) is 22.2 Å². The van der Waals surface area contributed by atoms with E-state index in [1.807, 2.05) is 0 Å². The van der Waals surface area contributed by atoms with E-state index in [9.17, 15) is 0 Å². The van der Waals surface area contributed by atoms with E-state index >= 15 is 0 Å². The lowest BCUT2D eigenvalue weighted by molar-refractivity contribution is 1.03. The second kappa shape index (κ2) is 4.72. The molecule has 3 heteroatoms. The molecular formula is C7H15BrSi2. The lowest BCUT2D eigenvalue weighted by Crippen LogP contribution is -2.21. The predicted octanol–water partition coefficient (Wildman–Crippen LogP) is 3.29. The molecule has 0 atom stereocenters. The highest BCUT2D eigenvalue weighted by Crippen LogP contribution is 2.26. The molecule has 0 saturated carbocycles. The van der Waals surface area contributed by atoms with Crippen molar-refractivity contribution in [3.63, 3.8) is 0 Å². The van der Waals surface area contributed by atoms with Gasteiger partial charge in [-0.3, -0.25) is 0 Å². The molecule has 58 valence electrons. The van der Waals surface area contributed by atoms with E-state index in [1.54, 1.807) is 30.2 Å². The Hall–Kier alpha value is 0.914. The van der Waals surface area contributed by atoms with E-state index in [-0.39, 0.29) is 16.2 Å². The first-order chi connectivity index (χ1) is 4.83. The fourth-order valence-corrected chi connectivity index (χ4v) is 11.8. The van der Waals surface area contributed by atoms with Gasteiger partial charge in [0.15, 0.2) is 0 Å². The Bertz CT molecular complexity index is 89.6. The van der Waals surface area contributed by atoms with Crippen molar-refractivity contribution < 1.29 is 0 Å². The molecule has 1 saturated heterocycles. The van der Waals surface area contributed by atoms with E-state index in [4.69, 9.17) is 0 Å². The molecule has 0 bridgehead atoms. The van der Waals surface area contributed by atoms with Crippen LogP contribution in [0.15, 0.2) is 0 Å². The zero-order chi connectivity index (χ0) is 7.40. The molecule has 0 spiro atoms. The smallest absolute Gasteiger partial charge is 0.129 e. The van der Waals surface area contributed by atoms with Crippen LogP contribution in [0, 0.1) is 0 Å². The van der Waals surface area contributed by atoms with Gasteiger partial charge in [-0.15, -0.1) is 15.3 Å². The quantitative estimate of drug-likeness (QED) is 0.509. The minimum atomic E-state index is -0.00553. The van der Waals surface area contributed by atoms with Gasteiger partial charge in [-0.2, -0.15) is 0 Å². The van der Waals surface area contributed by atoms with Crippen molar-refractivity contribution in [1.82, 2.24) is 0 Å². The predicted molar refractivity (Wildman–Crippen MR) is 54.8 cm³/mol. The summed E-state index contributed by atoms with van der Waals surface area (Å²) < 4.78 is 0.